The molecule has 0 N–H and O–H groups in total. The van der Waals surface area contributed by atoms with Crippen molar-refractivity contribution in [2.75, 3.05) is 37.9 Å². The molecule has 0 bridgehead atoms. The summed E-state index contributed by atoms with van der Waals surface area (Å²) in [7, 11) is 0. The Hall–Kier alpha value is 2.20. The Labute approximate surface area is 139 Å². The molecule has 18 heavy (non-hydrogen) atoms. The minimum atomic E-state index is 0.214. The van der Waals surface area contributed by atoms with Crippen molar-refractivity contribution in [3.63, 3.8) is 0 Å². The van der Waals surface area contributed by atoms with E-state index in [0.717, 1.165) is 44.9 Å². The Morgan fingerprint density at radius 3 is 1.56 bits per heavy atom. The van der Waals surface area contributed by atoms with Gasteiger partial charge in [0, 0.05) is 0 Å². The van der Waals surface area contributed by atoms with E-state index in [1.165, 1.54) is 20.4 Å². The van der Waals surface area contributed by atoms with Crippen molar-refractivity contribution in [1.29, 1.82) is 0 Å². The summed E-state index contributed by atoms with van der Waals surface area (Å²) in [5.74, 6) is 2.68. The normalized spacial score (nSPS) is 38.7. The molecule has 3 saturated heterocycles. The van der Waals surface area contributed by atoms with E-state index >= 15 is 0 Å². The van der Waals surface area contributed by atoms with Crippen LogP contribution in [-0.4, -0.2) is 90.3 Å². The van der Waals surface area contributed by atoms with Gasteiger partial charge in [0.2, 0.25) is 0 Å². The van der Waals surface area contributed by atoms with Crippen LogP contribution in [0.25, 0.3) is 0 Å². The van der Waals surface area contributed by atoms with Gasteiger partial charge in [-0.3, -0.25) is 0 Å². The van der Waals surface area contributed by atoms with Gasteiger partial charge in [0.25, 0.3) is 0 Å². The van der Waals surface area contributed by atoms with Crippen LogP contribution in [0, 0.1) is 0 Å². The molecular formula is C12H20O2S2Te2. The SMILES string of the molecule is C(OCC1C[Te]C(COCC2CS2)C[Te]1)C1CS1. The third-order valence-corrected chi connectivity index (χ3v) is 16.8. The summed E-state index contributed by atoms with van der Waals surface area (Å²) in [6, 6.07) is 0. The fraction of sp³-hybridized carbons (Fsp3) is 1.00. The zero-order valence-electron chi connectivity index (χ0n) is 10.4. The third kappa shape index (κ3) is 5.90. The number of rotatable bonds is 8. The molecule has 0 spiro atoms. The first-order valence-corrected chi connectivity index (χ1v) is 14.6. The Bertz CT molecular complexity index is 228. The molecule has 3 rings (SSSR count). The van der Waals surface area contributed by atoms with Crippen molar-refractivity contribution >= 4 is 65.4 Å². The zero-order chi connectivity index (χ0) is 12.2. The summed E-state index contributed by atoms with van der Waals surface area (Å²) in [5.41, 5.74) is 0. The van der Waals surface area contributed by atoms with Gasteiger partial charge < -0.3 is 0 Å². The molecule has 3 aliphatic heterocycles. The summed E-state index contributed by atoms with van der Waals surface area (Å²) in [6.45, 7) is 4.24. The predicted octanol–water partition coefficient (Wildman–Crippen LogP) is 2.09. The first-order chi connectivity index (χ1) is 8.90. The summed E-state index contributed by atoms with van der Waals surface area (Å²) >= 11 is 4.52. The maximum absolute atomic E-state index is 5.85. The minimum absolute atomic E-state index is 0.214. The topological polar surface area (TPSA) is 18.5 Å². The molecule has 0 aliphatic carbocycles. The van der Waals surface area contributed by atoms with Crippen molar-refractivity contribution in [2.45, 2.75) is 27.4 Å². The fourth-order valence-corrected chi connectivity index (χ4v) is 14.3. The second kappa shape index (κ2) is 8.00. The molecule has 104 valence electrons. The van der Waals surface area contributed by atoms with Crippen LogP contribution in [0.4, 0.5) is 0 Å². The van der Waals surface area contributed by atoms with Crippen molar-refractivity contribution in [1.82, 2.24) is 0 Å². The third-order valence-electron chi connectivity index (χ3n) is 3.06. The average Bonchev–Trinajstić information content (AvgIpc) is 3.25. The van der Waals surface area contributed by atoms with Crippen molar-refractivity contribution in [2.24, 2.45) is 0 Å². The summed E-state index contributed by atoms with van der Waals surface area (Å²) < 4.78 is 16.8. The molecule has 0 amide bonds. The van der Waals surface area contributed by atoms with Crippen LogP contribution in [0.5, 0.6) is 0 Å². The monoisotopic (exact) mass is 520 g/mol. The molecule has 6 heteroatoms. The average molecular weight is 516 g/mol. The van der Waals surface area contributed by atoms with Crippen molar-refractivity contribution in [3.8, 4) is 0 Å². The van der Waals surface area contributed by atoms with Crippen LogP contribution in [0.1, 0.15) is 0 Å². The van der Waals surface area contributed by atoms with Crippen LogP contribution in [0.15, 0.2) is 0 Å². The summed E-state index contributed by atoms with van der Waals surface area (Å²) in [6.07, 6.45) is 0. The second-order valence-corrected chi connectivity index (χ2v) is 15.2. The van der Waals surface area contributed by atoms with Crippen LogP contribution >= 0.6 is 23.5 Å². The van der Waals surface area contributed by atoms with E-state index in [-0.39, 0.29) is 41.8 Å². The number of thioether (sulfide) groups is 2. The molecule has 4 unspecified atom stereocenters. The van der Waals surface area contributed by atoms with E-state index in [0.29, 0.717) is 0 Å². The quantitative estimate of drug-likeness (QED) is 0.364. The van der Waals surface area contributed by atoms with E-state index < -0.39 is 0 Å². The Kier molecular flexibility index (Phi) is 6.71. The number of hydrogen-bond donors (Lipinski definition) is 0. The molecule has 4 atom stereocenters. The van der Waals surface area contributed by atoms with Gasteiger partial charge in [-0.25, -0.2) is 0 Å². The Morgan fingerprint density at radius 1 is 0.778 bits per heavy atom. The Balaban J connectivity index is 1.21. The van der Waals surface area contributed by atoms with E-state index in [4.69, 9.17) is 9.47 Å². The van der Waals surface area contributed by atoms with Gasteiger partial charge in [-0.15, -0.1) is 0 Å². The summed E-state index contributed by atoms with van der Waals surface area (Å²) in [4.78, 5) is 0. The molecular weight excluding hydrogens is 495 g/mol. The number of hydrogen-bond acceptors (Lipinski definition) is 4. The molecule has 0 radical (unpaired) electrons. The van der Waals surface area contributed by atoms with Crippen LogP contribution in [0.3, 0.4) is 0 Å². The molecule has 3 heterocycles. The predicted molar refractivity (Wildman–Crippen MR) is 82.8 cm³/mol. The van der Waals surface area contributed by atoms with Gasteiger partial charge in [-0.2, -0.15) is 0 Å². The van der Waals surface area contributed by atoms with Gasteiger partial charge >= 0.3 is 140 Å². The first kappa shape index (κ1) is 15.1. The molecule has 2 nitrogen and oxygen atoms in total. The van der Waals surface area contributed by atoms with Gasteiger partial charge in [0.1, 0.15) is 0 Å². The molecule has 0 saturated carbocycles. The van der Waals surface area contributed by atoms with Gasteiger partial charge in [-0.1, -0.05) is 0 Å². The van der Waals surface area contributed by atoms with E-state index in [1.54, 1.807) is 0 Å². The van der Waals surface area contributed by atoms with E-state index in [1.807, 2.05) is 23.5 Å². The molecule has 3 fully saturated rings. The van der Waals surface area contributed by atoms with E-state index in [9.17, 15) is 0 Å². The second-order valence-electron chi connectivity index (χ2n) is 4.90. The first-order valence-electron chi connectivity index (χ1n) is 6.52. The van der Waals surface area contributed by atoms with Gasteiger partial charge in [0.15, 0.2) is 0 Å². The molecule has 0 aromatic heterocycles. The molecule has 0 aromatic rings. The fourth-order valence-electron chi connectivity index (χ4n) is 1.77. The van der Waals surface area contributed by atoms with Crippen molar-refractivity contribution in [3.05, 3.63) is 0 Å². The van der Waals surface area contributed by atoms with Crippen LogP contribution in [-0.2, 0) is 9.47 Å². The molecule has 3 aliphatic rings. The van der Waals surface area contributed by atoms with Gasteiger partial charge in [0.05, 0.1) is 0 Å². The number of ether oxygens (including phenoxy) is 2. The Morgan fingerprint density at radius 2 is 1.22 bits per heavy atom. The van der Waals surface area contributed by atoms with Gasteiger partial charge in [-0.05, 0) is 0 Å². The zero-order valence-corrected chi connectivity index (χ0v) is 16.7. The van der Waals surface area contributed by atoms with E-state index in [2.05, 4.69) is 0 Å². The summed E-state index contributed by atoms with van der Waals surface area (Å²) in [5, 5.41) is 1.71. The molecule has 0 aromatic carbocycles. The van der Waals surface area contributed by atoms with Crippen LogP contribution in [0.2, 0.25) is 16.9 Å². The van der Waals surface area contributed by atoms with Crippen molar-refractivity contribution < 1.29 is 9.47 Å². The van der Waals surface area contributed by atoms with Crippen LogP contribution < -0.4 is 0 Å². The standard InChI is InChI=1S/C12H20O2S2Te2/c1(9-5-15-9)13-3-11-7-18-12(8-17-11)4-14-2-10-6-16-10/h9-12H,1-8H2. The maximum atomic E-state index is 5.85.